The zero-order chi connectivity index (χ0) is 9.54. The summed E-state index contributed by atoms with van der Waals surface area (Å²) in [5.74, 6) is 0. The van der Waals surface area contributed by atoms with Crippen molar-refractivity contribution in [2.24, 2.45) is 0 Å². The molecule has 2 aliphatic rings. The third-order valence-electron chi connectivity index (χ3n) is 3.58. The molecule has 0 spiro atoms. The molecule has 0 N–H and O–H groups in total. The fraction of sp³-hybridized carbons (Fsp3) is 0.500. The van der Waals surface area contributed by atoms with Crippen LogP contribution in [0.1, 0.15) is 23.7 Å². The third kappa shape index (κ3) is 1.33. The van der Waals surface area contributed by atoms with E-state index < -0.39 is 0 Å². The maximum absolute atomic E-state index is 2.56. The van der Waals surface area contributed by atoms with Crippen molar-refractivity contribution >= 4 is 20.1 Å². The van der Waals surface area contributed by atoms with E-state index in [-0.39, 0.29) is 0 Å². The maximum atomic E-state index is 2.56. The van der Waals surface area contributed by atoms with Crippen molar-refractivity contribution in [3.63, 3.8) is 0 Å². The fourth-order valence-corrected chi connectivity index (χ4v) is 4.29. The van der Waals surface area contributed by atoms with Gasteiger partial charge in [0.25, 0.3) is 0 Å². The molecule has 0 radical (unpaired) electrons. The third-order valence-corrected chi connectivity index (χ3v) is 5.57. The fourth-order valence-electron chi connectivity index (χ4n) is 2.69. The van der Waals surface area contributed by atoms with Gasteiger partial charge in [-0.25, -0.2) is 0 Å². The number of hydrogen-bond acceptors (Lipinski definition) is 1. The minimum absolute atomic E-state index is 0.626. The molecule has 74 valence electrons. The summed E-state index contributed by atoms with van der Waals surface area (Å²) in [5.41, 5.74) is 1.65. The summed E-state index contributed by atoms with van der Waals surface area (Å²) in [6.45, 7) is 0. The average molecular weight is 252 g/mol. The van der Waals surface area contributed by atoms with E-state index in [1.165, 1.54) is 19.3 Å². The van der Waals surface area contributed by atoms with Gasteiger partial charge in [-0.3, -0.25) is 0 Å². The summed E-state index contributed by atoms with van der Waals surface area (Å²) in [6, 6.07) is 6.10. The summed E-state index contributed by atoms with van der Waals surface area (Å²) in [7, 11) is 2.28. The molecule has 1 nitrogen and oxygen atoms in total. The summed E-state index contributed by atoms with van der Waals surface area (Å²) in [6.07, 6.45) is 6.58. The average Bonchev–Trinajstić information content (AvgIpc) is 2.75. The first kappa shape index (κ1) is 8.96. The van der Waals surface area contributed by atoms with Crippen LogP contribution in [0.4, 0.5) is 0 Å². The molecule has 0 saturated carbocycles. The van der Waals surface area contributed by atoms with Crippen LogP contribution in [0.25, 0.3) is 5.57 Å². The number of nitrogens with zero attached hydrogens (tertiary/aromatic N) is 1. The first-order valence-electron chi connectivity index (χ1n) is 5.31. The summed E-state index contributed by atoms with van der Waals surface area (Å²) < 4.78 is 1.63. The number of fused-ring (bicyclic) bond motifs is 2. The molecule has 1 aromatic heterocycles. The van der Waals surface area contributed by atoms with Crippen LogP contribution >= 0.6 is 0 Å². The van der Waals surface area contributed by atoms with Crippen molar-refractivity contribution in [1.82, 2.24) is 4.90 Å². The molecule has 2 bridgehead atoms. The Morgan fingerprint density at radius 1 is 1.43 bits per heavy atom. The zero-order valence-corrected chi connectivity index (χ0v) is 10.2. The Hall–Kier alpha value is -0.301. The zero-order valence-electron chi connectivity index (χ0n) is 8.44. The van der Waals surface area contributed by atoms with Gasteiger partial charge >= 0.3 is 91.0 Å². The number of hydrogen-bond donors (Lipinski definition) is 0. The van der Waals surface area contributed by atoms with Crippen molar-refractivity contribution in [3.8, 4) is 0 Å². The molecule has 0 amide bonds. The van der Waals surface area contributed by atoms with E-state index in [4.69, 9.17) is 0 Å². The topological polar surface area (TPSA) is 3.24 Å². The van der Waals surface area contributed by atoms with E-state index in [2.05, 4.69) is 35.1 Å². The van der Waals surface area contributed by atoms with Crippen molar-refractivity contribution in [1.29, 1.82) is 0 Å². The second kappa shape index (κ2) is 3.37. The first-order valence-corrected chi connectivity index (χ1v) is 7.15. The molecule has 0 aliphatic carbocycles. The van der Waals surface area contributed by atoms with Gasteiger partial charge < -0.3 is 0 Å². The SMILES string of the molecule is CN1C2C=C(c3ccc[se]3)CC1CC2. The molecular formula is C12H15NSe. The summed E-state index contributed by atoms with van der Waals surface area (Å²) in [4.78, 5) is 4.88. The van der Waals surface area contributed by atoms with Crippen LogP contribution in [0.2, 0.25) is 0 Å². The standard InChI is InChI=1S/C12H15NSe/c1-13-10-4-5-11(13)8-9(7-10)12-3-2-6-14-12/h2-3,6-7,10-11H,4-5,8H2,1H3. The Kier molecular flexibility index (Phi) is 2.16. The molecule has 2 aliphatic heterocycles. The summed E-state index contributed by atoms with van der Waals surface area (Å²) in [5, 5.41) is 0. The van der Waals surface area contributed by atoms with E-state index in [0.717, 1.165) is 12.1 Å². The molecule has 2 atom stereocenters. The van der Waals surface area contributed by atoms with Gasteiger partial charge in [-0.2, -0.15) is 0 Å². The Labute approximate surface area is 91.2 Å². The van der Waals surface area contributed by atoms with Gasteiger partial charge in [0.15, 0.2) is 0 Å². The van der Waals surface area contributed by atoms with Crippen LogP contribution in [-0.4, -0.2) is 38.5 Å². The first-order chi connectivity index (χ1) is 6.84. The van der Waals surface area contributed by atoms with Crippen molar-refractivity contribution in [2.45, 2.75) is 31.3 Å². The second-order valence-corrected chi connectivity index (χ2v) is 6.33. The van der Waals surface area contributed by atoms with Gasteiger partial charge in [0, 0.05) is 0 Å². The minimum atomic E-state index is 0.626. The molecule has 2 heteroatoms. The predicted octanol–water partition coefficient (Wildman–Crippen LogP) is 1.99. The Morgan fingerprint density at radius 3 is 3.07 bits per heavy atom. The Morgan fingerprint density at radius 2 is 2.36 bits per heavy atom. The molecule has 2 unspecified atom stereocenters. The van der Waals surface area contributed by atoms with Gasteiger partial charge in [0.2, 0.25) is 0 Å². The Bertz CT molecular complexity index is 352. The second-order valence-electron chi connectivity index (χ2n) is 4.34. The van der Waals surface area contributed by atoms with Crippen LogP contribution in [0.3, 0.4) is 0 Å². The summed E-state index contributed by atoms with van der Waals surface area (Å²) >= 11 is 0.626. The Balaban J connectivity index is 1.94. The van der Waals surface area contributed by atoms with E-state index >= 15 is 0 Å². The molecule has 3 rings (SSSR count). The van der Waals surface area contributed by atoms with Crippen LogP contribution < -0.4 is 0 Å². The van der Waals surface area contributed by atoms with Gasteiger partial charge in [0.05, 0.1) is 0 Å². The van der Waals surface area contributed by atoms with E-state index in [9.17, 15) is 0 Å². The molecule has 1 fully saturated rings. The molecule has 1 aromatic rings. The number of rotatable bonds is 1. The van der Waals surface area contributed by atoms with Crippen LogP contribution in [0, 0.1) is 0 Å². The monoisotopic (exact) mass is 253 g/mol. The quantitative estimate of drug-likeness (QED) is 0.691. The van der Waals surface area contributed by atoms with Gasteiger partial charge in [0.1, 0.15) is 0 Å². The number of likely N-dealkylation sites (N-methyl/N-ethyl adjacent to an activating group) is 1. The van der Waals surface area contributed by atoms with Crippen LogP contribution in [-0.2, 0) is 0 Å². The van der Waals surface area contributed by atoms with E-state index in [0.29, 0.717) is 14.5 Å². The van der Waals surface area contributed by atoms with Gasteiger partial charge in [-0.05, 0) is 0 Å². The molecular weight excluding hydrogens is 237 g/mol. The van der Waals surface area contributed by atoms with Crippen LogP contribution in [0.5, 0.6) is 0 Å². The van der Waals surface area contributed by atoms with Crippen molar-refractivity contribution < 1.29 is 0 Å². The predicted molar refractivity (Wildman–Crippen MR) is 60.5 cm³/mol. The van der Waals surface area contributed by atoms with Crippen molar-refractivity contribution in [3.05, 3.63) is 27.6 Å². The van der Waals surface area contributed by atoms with E-state index in [1.54, 1.807) is 10.0 Å². The molecule has 0 aromatic carbocycles. The van der Waals surface area contributed by atoms with Crippen LogP contribution in [0.15, 0.2) is 23.1 Å². The molecule has 14 heavy (non-hydrogen) atoms. The van der Waals surface area contributed by atoms with Gasteiger partial charge in [-0.1, -0.05) is 0 Å². The van der Waals surface area contributed by atoms with E-state index in [1.807, 2.05) is 0 Å². The van der Waals surface area contributed by atoms with Crippen molar-refractivity contribution in [2.75, 3.05) is 7.05 Å². The molecule has 3 heterocycles. The molecule has 1 saturated heterocycles. The normalized spacial score (nSPS) is 31.9. The van der Waals surface area contributed by atoms with Gasteiger partial charge in [-0.15, -0.1) is 0 Å².